The molecule has 1 N–H and O–H groups in total. The summed E-state index contributed by atoms with van der Waals surface area (Å²) in [5.74, 6) is 0.712. The van der Waals surface area contributed by atoms with Gasteiger partial charge in [-0.25, -0.2) is 4.98 Å². The molecule has 1 aliphatic heterocycles. The second kappa shape index (κ2) is 6.84. The van der Waals surface area contributed by atoms with Crippen LogP contribution in [0.25, 0.3) is 0 Å². The summed E-state index contributed by atoms with van der Waals surface area (Å²) in [7, 11) is 2.15. The Morgan fingerprint density at radius 1 is 1.52 bits per heavy atom. The minimum Gasteiger partial charge on any atom is -0.365 e. The van der Waals surface area contributed by atoms with Gasteiger partial charge in [-0.1, -0.05) is 0 Å². The van der Waals surface area contributed by atoms with Crippen molar-refractivity contribution in [1.82, 2.24) is 19.8 Å². The largest absolute Gasteiger partial charge is 0.365 e. The highest BCUT2D eigenvalue weighted by atomic mass is 32.1. The van der Waals surface area contributed by atoms with Crippen LogP contribution in [-0.2, 0) is 6.54 Å². The van der Waals surface area contributed by atoms with Crippen molar-refractivity contribution in [2.24, 2.45) is 5.92 Å². The number of aryl methyl sites for hydroxylation is 2. The first-order chi connectivity index (χ1) is 11.0. The Labute approximate surface area is 141 Å². The molecule has 5 nitrogen and oxygen atoms in total. The maximum atomic E-state index is 12.5. The minimum atomic E-state index is 0.159. The Morgan fingerprint density at radius 2 is 2.35 bits per heavy atom. The fraction of sp³-hybridized carbons (Fsp3) is 0.529. The average Bonchev–Trinajstić information content (AvgIpc) is 3.22. The van der Waals surface area contributed by atoms with Crippen LogP contribution in [0.1, 0.15) is 33.0 Å². The maximum Gasteiger partial charge on any atom is 0.255 e. The van der Waals surface area contributed by atoms with Crippen LogP contribution in [0.5, 0.6) is 0 Å². The molecule has 0 spiro atoms. The van der Waals surface area contributed by atoms with Gasteiger partial charge in [-0.3, -0.25) is 4.79 Å². The van der Waals surface area contributed by atoms with Gasteiger partial charge in [0.05, 0.1) is 16.8 Å². The molecule has 23 heavy (non-hydrogen) atoms. The van der Waals surface area contributed by atoms with E-state index in [1.165, 1.54) is 4.88 Å². The maximum absolute atomic E-state index is 12.5. The fourth-order valence-electron chi connectivity index (χ4n) is 3.25. The van der Waals surface area contributed by atoms with Gasteiger partial charge < -0.3 is 14.8 Å². The van der Waals surface area contributed by atoms with E-state index in [9.17, 15) is 4.79 Å². The zero-order valence-electron chi connectivity index (χ0n) is 14.0. The SMILES string of the molecule is Cc1ncsc1CN(C)C[C@@H]1CCN(C(=O)c2cc[nH]c2C)C1. The molecule has 0 bridgehead atoms. The third-order valence-corrected chi connectivity index (χ3v) is 5.51. The van der Waals surface area contributed by atoms with Gasteiger partial charge in [-0.05, 0) is 39.3 Å². The Kier molecular flexibility index (Phi) is 4.82. The number of carbonyl (C=O) groups is 1. The predicted octanol–water partition coefficient (Wildman–Crippen LogP) is 2.68. The van der Waals surface area contributed by atoms with Gasteiger partial charge in [-0.2, -0.15) is 0 Å². The molecule has 1 fully saturated rings. The lowest BCUT2D eigenvalue weighted by Gasteiger charge is -2.21. The van der Waals surface area contributed by atoms with Crippen molar-refractivity contribution in [2.45, 2.75) is 26.8 Å². The van der Waals surface area contributed by atoms with Crippen LogP contribution in [0.2, 0.25) is 0 Å². The summed E-state index contributed by atoms with van der Waals surface area (Å²) in [6.45, 7) is 7.70. The molecule has 0 aromatic carbocycles. The van der Waals surface area contributed by atoms with E-state index in [0.29, 0.717) is 5.92 Å². The van der Waals surface area contributed by atoms with Crippen LogP contribution < -0.4 is 0 Å². The topological polar surface area (TPSA) is 52.2 Å². The van der Waals surface area contributed by atoms with E-state index in [4.69, 9.17) is 0 Å². The summed E-state index contributed by atoms with van der Waals surface area (Å²) < 4.78 is 0. The standard InChI is InChI=1S/C17H24N4OS/c1-12-15(4-6-18-12)17(22)21-7-5-14(9-21)8-20(3)10-16-13(2)19-11-23-16/h4,6,11,14,18H,5,7-10H2,1-3H3/t14-/m0/s1. The van der Waals surface area contributed by atoms with E-state index in [-0.39, 0.29) is 5.91 Å². The van der Waals surface area contributed by atoms with Crippen molar-refractivity contribution >= 4 is 17.2 Å². The molecule has 0 aliphatic carbocycles. The van der Waals surface area contributed by atoms with Gasteiger partial charge in [0.1, 0.15) is 0 Å². The number of aromatic nitrogens is 2. The van der Waals surface area contributed by atoms with E-state index >= 15 is 0 Å². The number of nitrogens with one attached hydrogen (secondary N) is 1. The van der Waals surface area contributed by atoms with E-state index < -0.39 is 0 Å². The highest BCUT2D eigenvalue weighted by molar-refractivity contribution is 7.09. The first-order valence-electron chi connectivity index (χ1n) is 8.05. The third-order valence-electron chi connectivity index (χ3n) is 4.59. The average molecular weight is 332 g/mol. The van der Waals surface area contributed by atoms with Crippen LogP contribution in [0.15, 0.2) is 17.8 Å². The molecule has 1 saturated heterocycles. The lowest BCUT2D eigenvalue weighted by molar-refractivity contribution is 0.0783. The van der Waals surface area contributed by atoms with Crippen molar-refractivity contribution in [3.05, 3.63) is 39.6 Å². The monoisotopic (exact) mass is 332 g/mol. The molecule has 2 aromatic rings. The van der Waals surface area contributed by atoms with Gasteiger partial charge in [0, 0.05) is 42.9 Å². The normalized spacial score (nSPS) is 18.1. The quantitative estimate of drug-likeness (QED) is 0.916. The number of carbonyl (C=O) groups excluding carboxylic acids is 1. The van der Waals surface area contributed by atoms with Crippen molar-refractivity contribution in [2.75, 3.05) is 26.7 Å². The summed E-state index contributed by atoms with van der Waals surface area (Å²) in [4.78, 5) is 25.6. The number of amides is 1. The van der Waals surface area contributed by atoms with E-state index in [2.05, 4.69) is 28.8 Å². The molecule has 1 amide bonds. The number of H-pyrrole nitrogens is 1. The van der Waals surface area contributed by atoms with Gasteiger partial charge in [-0.15, -0.1) is 11.3 Å². The third kappa shape index (κ3) is 3.64. The Balaban J connectivity index is 1.53. The highest BCUT2D eigenvalue weighted by Crippen LogP contribution is 2.22. The summed E-state index contributed by atoms with van der Waals surface area (Å²) >= 11 is 1.72. The molecule has 0 saturated carbocycles. The summed E-state index contributed by atoms with van der Waals surface area (Å²) in [5.41, 5.74) is 4.80. The van der Waals surface area contributed by atoms with Crippen molar-refractivity contribution in [3.8, 4) is 0 Å². The van der Waals surface area contributed by atoms with Gasteiger partial charge in [0.2, 0.25) is 0 Å². The van der Waals surface area contributed by atoms with Crippen molar-refractivity contribution in [1.29, 1.82) is 0 Å². The zero-order valence-corrected chi connectivity index (χ0v) is 14.8. The van der Waals surface area contributed by atoms with Crippen LogP contribution >= 0.6 is 11.3 Å². The second-order valence-corrected chi connectivity index (χ2v) is 7.42. The lowest BCUT2D eigenvalue weighted by atomic mass is 10.1. The van der Waals surface area contributed by atoms with Gasteiger partial charge in [0.25, 0.3) is 5.91 Å². The number of hydrogen-bond donors (Lipinski definition) is 1. The summed E-state index contributed by atoms with van der Waals surface area (Å²) in [6.07, 6.45) is 2.92. The predicted molar refractivity (Wildman–Crippen MR) is 92.7 cm³/mol. The Bertz CT molecular complexity index is 678. The van der Waals surface area contributed by atoms with E-state index in [0.717, 1.165) is 49.6 Å². The smallest absolute Gasteiger partial charge is 0.255 e. The Hall–Kier alpha value is -1.66. The molecule has 2 aromatic heterocycles. The fourth-order valence-corrected chi connectivity index (χ4v) is 4.11. The van der Waals surface area contributed by atoms with Crippen LogP contribution in [0, 0.1) is 19.8 Å². The Morgan fingerprint density at radius 3 is 3.00 bits per heavy atom. The number of hydrogen-bond acceptors (Lipinski definition) is 4. The molecule has 1 aliphatic rings. The summed E-state index contributed by atoms with van der Waals surface area (Å²) in [5, 5.41) is 0. The van der Waals surface area contributed by atoms with Crippen molar-refractivity contribution < 1.29 is 4.79 Å². The molecule has 3 rings (SSSR count). The summed E-state index contributed by atoms with van der Waals surface area (Å²) in [6, 6.07) is 1.88. The number of aromatic amines is 1. The molecule has 0 radical (unpaired) electrons. The van der Waals surface area contributed by atoms with Gasteiger partial charge >= 0.3 is 0 Å². The first kappa shape index (κ1) is 16.2. The molecule has 6 heteroatoms. The molecule has 1 atom stereocenters. The lowest BCUT2D eigenvalue weighted by Crippen LogP contribution is -2.31. The van der Waals surface area contributed by atoms with Crippen LogP contribution in [0.3, 0.4) is 0 Å². The number of nitrogens with zero attached hydrogens (tertiary/aromatic N) is 3. The molecular weight excluding hydrogens is 308 g/mol. The molecule has 0 unspecified atom stereocenters. The minimum absolute atomic E-state index is 0.159. The second-order valence-electron chi connectivity index (χ2n) is 6.48. The first-order valence-corrected chi connectivity index (χ1v) is 8.93. The number of thiazole rings is 1. The molecular formula is C17H24N4OS. The van der Waals surface area contributed by atoms with Crippen LogP contribution in [-0.4, -0.2) is 52.4 Å². The number of likely N-dealkylation sites (tertiary alicyclic amines) is 1. The molecule has 3 heterocycles. The van der Waals surface area contributed by atoms with Crippen LogP contribution in [0.4, 0.5) is 0 Å². The number of rotatable bonds is 5. The molecule has 124 valence electrons. The van der Waals surface area contributed by atoms with Gasteiger partial charge in [0.15, 0.2) is 0 Å². The van der Waals surface area contributed by atoms with E-state index in [1.54, 1.807) is 11.3 Å². The van der Waals surface area contributed by atoms with E-state index in [1.807, 2.05) is 29.6 Å². The van der Waals surface area contributed by atoms with Crippen molar-refractivity contribution in [3.63, 3.8) is 0 Å². The highest BCUT2D eigenvalue weighted by Gasteiger charge is 2.28. The zero-order chi connectivity index (χ0) is 16.4.